The Kier molecular flexibility index (Phi) is 10.7. The Hall–Kier alpha value is -4.24. The van der Waals surface area contributed by atoms with Gasteiger partial charge in [0.15, 0.2) is 0 Å². The summed E-state index contributed by atoms with van der Waals surface area (Å²) in [7, 11) is 0. The molecule has 0 amide bonds. The number of fused-ring (bicyclic) bond motifs is 4. The number of hydrogen-bond donors (Lipinski definition) is 0. The second kappa shape index (κ2) is 14.8. The van der Waals surface area contributed by atoms with Crippen LogP contribution in [-0.2, 0) is 27.1 Å². The maximum atomic E-state index is 2.61. The van der Waals surface area contributed by atoms with Gasteiger partial charge in [0.25, 0.3) is 6.71 Å². The lowest BCUT2D eigenvalue weighted by atomic mass is 9.33. The zero-order valence-electron chi connectivity index (χ0n) is 38.7. The highest BCUT2D eigenvalue weighted by Crippen LogP contribution is 2.48. The van der Waals surface area contributed by atoms with Crippen molar-refractivity contribution in [1.29, 1.82) is 0 Å². The van der Waals surface area contributed by atoms with E-state index in [1.165, 1.54) is 78.3 Å². The van der Waals surface area contributed by atoms with Gasteiger partial charge in [0, 0.05) is 34.1 Å². The smallest absolute Gasteiger partial charge is 0.252 e. The molecule has 2 heterocycles. The van der Waals surface area contributed by atoms with Crippen molar-refractivity contribution in [3.8, 4) is 0 Å². The van der Waals surface area contributed by atoms with Crippen molar-refractivity contribution < 1.29 is 0 Å². The molecule has 0 saturated heterocycles. The minimum absolute atomic E-state index is 0.0209. The first kappa shape index (κ1) is 41.9. The van der Waals surface area contributed by atoms with Gasteiger partial charge in [0.1, 0.15) is 0 Å². The summed E-state index contributed by atoms with van der Waals surface area (Å²) in [4.78, 5) is 5.22. The summed E-state index contributed by atoms with van der Waals surface area (Å²) >= 11 is 0. The molecule has 2 aliphatic heterocycles. The van der Waals surface area contributed by atoms with Crippen LogP contribution in [0.15, 0.2) is 97.1 Å². The first-order valence-corrected chi connectivity index (χ1v) is 22.5. The number of benzene rings is 5. The van der Waals surface area contributed by atoms with Crippen LogP contribution in [0.3, 0.4) is 0 Å². The van der Waals surface area contributed by atoms with Gasteiger partial charge < -0.3 is 9.80 Å². The first-order chi connectivity index (χ1) is 27.2. The van der Waals surface area contributed by atoms with Gasteiger partial charge in [0.2, 0.25) is 0 Å². The SMILES string of the molecule is CCC(C)(C)c1ccc(N2c3ccc(C(C)(C)CC)cc3B3c4cc(C(C)(C)CC)ccc4N(c4ccc(C(C)(C)CC)cc4)c4cc(C(C)(C)CC)cc2c43)cc1. The fraction of sp³-hybridized carbons (Fsp3) is 0.455. The van der Waals surface area contributed by atoms with E-state index in [9.17, 15) is 0 Å². The molecule has 0 bridgehead atoms. The van der Waals surface area contributed by atoms with Crippen LogP contribution in [0.1, 0.15) is 164 Å². The molecular weight excluding hydrogens is 699 g/mol. The summed E-state index contributed by atoms with van der Waals surface area (Å²) in [5.41, 5.74) is 19.1. The third-order valence-corrected chi connectivity index (χ3v) is 15.6. The van der Waals surface area contributed by atoms with Gasteiger partial charge in [-0.1, -0.05) is 152 Å². The summed E-state index contributed by atoms with van der Waals surface area (Å²) in [6.45, 7) is 35.6. The van der Waals surface area contributed by atoms with Crippen LogP contribution in [0.4, 0.5) is 34.1 Å². The summed E-state index contributed by atoms with van der Waals surface area (Å²) in [5.74, 6) is 0. The van der Waals surface area contributed by atoms with Crippen molar-refractivity contribution in [2.24, 2.45) is 0 Å². The van der Waals surface area contributed by atoms with Gasteiger partial charge in [-0.3, -0.25) is 0 Å². The van der Waals surface area contributed by atoms with E-state index in [-0.39, 0.29) is 33.8 Å². The minimum Gasteiger partial charge on any atom is -0.311 e. The molecule has 304 valence electrons. The molecular formula is C55H71BN2. The molecule has 0 aromatic heterocycles. The van der Waals surface area contributed by atoms with E-state index >= 15 is 0 Å². The van der Waals surface area contributed by atoms with Crippen LogP contribution in [-0.4, -0.2) is 6.71 Å². The van der Waals surface area contributed by atoms with E-state index in [0.29, 0.717) is 0 Å². The molecule has 0 saturated carbocycles. The molecule has 0 atom stereocenters. The Labute approximate surface area is 353 Å². The Bertz CT molecular complexity index is 2150. The van der Waals surface area contributed by atoms with E-state index in [0.717, 1.165) is 32.1 Å². The average molecular weight is 771 g/mol. The van der Waals surface area contributed by atoms with Gasteiger partial charge in [-0.2, -0.15) is 0 Å². The largest absolute Gasteiger partial charge is 0.311 e. The maximum absolute atomic E-state index is 2.61. The predicted molar refractivity (Wildman–Crippen MR) is 257 cm³/mol. The lowest BCUT2D eigenvalue weighted by Crippen LogP contribution is -2.62. The zero-order valence-corrected chi connectivity index (χ0v) is 38.7. The van der Waals surface area contributed by atoms with Crippen molar-refractivity contribution in [1.82, 2.24) is 0 Å². The van der Waals surface area contributed by atoms with Gasteiger partial charge in [-0.05, 0) is 152 Å². The lowest BCUT2D eigenvalue weighted by Gasteiger charge is -2.46. The van der Waals surface area contributed by atoms with Crippen LogP contribution in [0, 0.1) is 0 Å². The molecule has 0 radical (unpaired) electrons. The summed E-state index contributed by atoms with van der Waals surface area (Å²) < 4.78 is 0. The van der Waals surface area contributed by atoms with Gasteiger partial charge >= 0.3 is 0 Å². The van der Waals surface area contributed by atoms with Crippen LogP contribution in [0.25, 0.3) is 0 Å². The Morgan fingerprint density at radius 1 is 0.345 bits per heavy atom. The highest BCUT2D eigenvalue weighted by Gasteiger charge is 2.45. The molecule has 5 aromatic rings. The molecule has 2 aliphatic rings. The molecule has 0 spiro atoms. The molecule has 5 aromatic carbocycles. The maximum Gasteiger partial charge on any atom is 0.252 e. The number of hydrogen-bond acceptors (Lipinski definition) is 2. The van der Waals surface area contributed by atoms with E-state index in [4.69, 9.17) is 0 Å². The van der Waals surface area contributed by atoms with E-state index in [1.54, 1.807) is 0 Å². The molecule has 7 rings (SSSR count). The predicted octanol–water partition coefficient (Wildman–Crippen LogP) is 14.2. The normalized spacial score (nSPS) is 14.4. The quantitative estimate of drug-likeness (QED) is 0.114. The molecule has 0 N–H and O–H groups in total. The van der Waals surface area contributed by atoms with Gasteiger partial charge in [-0.15, -0.1) is 0 Å². The molecule has 0 aliphatic carbocycles. The lowest BCUT2D eigenvalue weighted by molar-refractivity contribution is 0.506. The van der Waals surface area contributed by atoms with Crippen LogP contribution >= 0.6 is 0 Å². The van der Waals surface area contributed by atoms with Crippen LogP contribution < -0.4 is 26.2 Å². The molecule has 3 heteroatoms. The molecule has 58 heavy (non-hydrogen) atoms. The van der Waals surface area contributed by atoms with Crippen molar-refractivity contribution in [3.05, 3.63) is 125 Å². The third kappa shape index (κ3) is 6.93. The molecule has 0 unspecified atom stereocenters. The Morgan fingerprint density at radius 2 is 0.638 bits per heavy atom. The van der Waals surface area contributed by atoms with E-state index in [1.807, 2.05) is 0 Å². The van der Waals surface area contributed by atoms with E-state index in [2.05, 4.69) is 211 Å². The first-order valence-electron chi connectivity index (χ1n) is 22.5. The minimum atomic E-state index is -0.0209. The molecule has 0 fully saturated rings. The second-order valence-corrected chi connectivity index (χ2v) is 20.9. The molecule has 2 nitrogen and oxygen atoms in total. The van der Waals surface area contributed by atoms with Gasteiger partial charge in [0.05, 0.1) is 0 Å². The van der Waals surface area contributed by atoms with Crippen LogP contribution in [0.2, 0.25) is 0 Å². The van der Waals surface area contributed by atoms with Crippen LogP contribution in [0.5, 0.6) is 0 Å². The van der Waals surface area contributed by atoms with E-state index < -0.39 is 0 Å². The highest BCUT2D eigenvalue weighted by atomic mass is 15.2. The number of anilines is 6. The second-order valence-electron chi connectivity index (χ2n) is 20.9. The van der Waals surface area contributed by atoms with Crippen molar-refractivity contribution in [2.75, 3.05) is 9.80 Å². The summed E-state index contributed by atoms with van der Waals surface area (Å²) in [6.07, 6.45) is 5.41. The number of nitrogens with zero attached hydrogens (tertiary/aromatic N) is 2. The monoisotopic (exact) mass is 771 g/mol. The highest BCUT2D eigenvalue weighted by molar-refractivity contribution is 7.00. The van der Waals surface area contributed by atoms with Crippen molar-refractivity contribution in [3.63, 3.8) is 0 Å². The van der Waals surface area contributed by atoms with Crippen molar-refractivity contribution in [2.45, 2.75) is 163 Å². The summed E-state index contributed by atoms with van der Waals surface area (Å²) in [6, 6.07) is 39.1. The van der Waals surface area contributed by atoms with Gasteiger partial charge in [-0.25, -0.2) is 0 Å². The Morgan fingerprint density at radius 3 is 0.966 bits per heavy atom. The summed E-state index contributed by atoms with van der Waals surface area (Å²) in [5, 5.41) is 0. The standard InChI is InChI=1S/C55H71BN2/c1-16-51(6,7)37-21-27-42(28-22-37)57-46-31-25-39(53(10,11)18-3)33-44(46)56-45-34-40(54(12,13)19-4)26-32-47(45)58(43-29-23-38(24-30-43)52(8,9)17-2)49-36-41(55(14,15)20-5)35-48(57)50(49)56/h21-36H,16-20H2,1-15H3. The number of rotatable bonds is 12. The average Bonchev–Trinajstić information content (AvgIpc) is 3.23. The Balaban J connectivity index is 1.61. The fourth-order valence-electron chi connectivity index (χ4n) is 8.94. The topological polar surface area (TPSA) is 6.48 Å². The zero-order chi connectivity index (χ0) is 42.2. The fourth-order valence-corrected chi connectivity index (χ4v) is 8.94. The third-order valence-electron chi connectivity index (χ3n) is 15.6. The van der Waals surface area contributed by atoms with Crippen molar-refractivity contribution >= 4 is 57.2 Å².